The summed E-state index contributed by atoms with van der Waals surface area (Å²) in [4.78, 5) is 25.0. The van der Waals surface area contributed by atoms with Crippen molar-refractivity contribution in [3.8, 4) is 5.75 Å². The first-order chi connectivity index (χ1) is 15.0. The number of carbonyl (C=O) groups excluding carboxylic acids is 1. The molecule has 1 aromatic carbocycles. The van der Waals surface area contributed by atoms with Gasteiger partial charge < -0.3 is 9.64 Å². The number of aryl methyl sites for hydroxylation is 2. The maximum atomic E-state index is 13.0. The van der Waals surface area contributed by atoms with Crippen LogP contribution in [0.5, 0.6) is 5.75 Å². The number of carbonyl (C=O) groups is 1. The lowest BCUT2D eigenvalue weighted by Crippen LogP contribution is -2.39. The minimum absolute atomic E-state index is 0.108. The monoisotopic (exact) mass is 435 g/mol. The maximum absolute atomic E-state index is 13.0. The van der Waals surface area contributed by atoms with Crippen LogP contribution in [0.15, 0.2) is 42.6 Å². The Kier molecular flexibility index (Phi) is 6.66. The molecule has 1 saturated heterocycles. The van der Waals surface area contributed by atoms with Gasteiger partial charge in [0.25, 0.3) is 5.91 Å². The zero-order valence-corrected chi connectivity index (χ0v) is 19.2. The molecule has 1 amide bonds. The van der Waals surface area contributed by atoms with Crippen molar-refractivity contribution in [1.82, 2.24) is 14.9 Å². The molecular formula is C25H29N3O2S. The molecule has 0 saturated carbocycles. The van der Waals surface area contributed by atoms with Crippen LogP contribution < -0.4 is 4.74 Å². The number of piperidine rings is 1. The Hall–Kier alpha value is -2.73. The van der Waals surface area contributed by atoms with Gasteiger partial charge in [-0.15, -0.1) is 11.3 Å². The molecule has 162 valence electrons. The van der Waals surface area contributed by atoms with Gasteiger partial charge in [0.1, 0.15) is 10.6 Å². The van der Waals surface area contributed by atoms with Crippen LogP contribution >= 0.6 is 11.3 Å². The molecular weight excluding hydrogens is 406 g/mol. The molecule has 6 heteroatoms. The first-order valence-corrected chi connectivity index (χ1v) is 11.8. The molecule has 1 aliphatic rings. The van der Waals surface area contributed by atoms with Crippen LogP contribution in [0.3, 0.4) is 0 Å². The second-order valence-electron chi connectivity index (χ2n) is 8.05. The zero-order chi connectivity index (χ0) is 21.8. The third-order valence-electron chi connectivity index (χ3n) is 5.74. The van der Waals surface area contributed by atoms with Crippen molar-refractivity contribution in [3.63, 3.8) is 0 Å². The normalized spacial score (nSPS) is 16.4. The van der Waals surface area contributed by atoms with E-state index in [4.69, 9.17) is 9.72 Å². The quantitative estimate of drug-likeness (QED) is 0.536. The highest BCUT2D eigenvalue weighted by atomic mass is 32.1. The predicted octanol–water partition coefficient (Wildman–Crippen LogP) is 5.16. The molecule has 5 nitrogen and oxygen atoms in total. The van der Waals surface area contributed by atoms with E-state index in [1.54, 1.807) is 0 Å². The Balaban J connectivity index is 1.44. The number of hydrogen-bond donors (Lipinski definition) is 0. The molecule has 2 aromatic heterocycles. The fourth-order valence-electron chi connectivity index (χ4n) is 4.22. The van der Waals surface area contributed by atoms with Crippen molar-refractivity contribution >= 4 is 17.2 Å². The molecule has 0 unspecified atom stereocenters. The van der Waals surface area contributed by atoms with E-state index >= 15 is 0 Å². The first-order valence-electron chi connectivity index (χ1n) is 10.9. The third-order valence-corrected chi connectivity index (χ3v) is 6.80. The van der Waals surface area contributed by atoms with E-state index < -0.39 is 0 Å². The Morgan fingerprint density at radius 1 is 1.23 bits per heavy atom. The third kappa shape index (κ3) is 4.96. The number of para-hydroxylation sites is 1. The molecule has 1 fully saturated rings. The summed E-state index contributed by atoms with van der Waals surface area (Å²) in [7, 11) is 0. The number of nitrogens with zero attached hydrogens (tertiary/aromatic N) is 3. The lowest BCUT2D eigenvalue weighted by atomic mass is 9.93. The van der Waals surface area contributed by atoms with Gasteiger partial charge in [-0.2, -0.15) is 0 Å². The molecule has 31 heavy (non-hydrogen) atoms. The number of pyridine rings is 1. The van der Waals surface area contributed by atoms with Gasteiger partial charge in [-0.25, -0.2) is 4.98 Å². The van der Waals surface area contributed by atoms with Gasteiger partial charge in [-0.1, -0.05) is 24.3 Å². The summed E-state index contributed by atoms with van der Waals surface area (Å²) in [6, 6.07) is 12.4. The van der Waals surface area contributed by atoms with Gasteiger partial charge in [0.05, 0.1) is 17.3 Å². The van der Waals surface area contributed by atoms with Crippen LogP contribution in [0.1, 0.15) is 62.9 Å². The van der Waals surface area contributed by atoms with Crippen molar-refractivity contribution in [3.05, 3.63) is 75.0 Å². The van der Waals surface area contributed by atoms with E-state index in [1.165, 1.54) is 16.9 Å². The highest BCUT2D eigenvalue weighted by molar-refractivity contribution is 7.13. The van der Waals surface area contributed by atoms with Crippen molar-refractivity contribution in [2.45, 2.75) is 46.0 Å². The van der Waals surface area contributed by atoms with E-state index in [0.717, 1.165) is 64.9 Å². The van der Waals surface area contributed by atoms with Crippen LogP contribution in [0.25, 0.3) is 0 Å². The van der Waals surface area contributed by atoms with Crippen molar-refractivity contribution in [1.29, 1.82) is 0 Å². The number of rotatable bonds is 6. The van der Waals surface area contributed by atoms with E-state index in [2.05, 4.69) is 23.2 Å². The summed E-state index contributed by atoms with van der Waals surface area (Å²) >= 11 is 1.49. The Bertz CT molecular complexity index is 1050. The van der Waals surface area contributed by atoms with Crippen molar-refractivity contribution < 1.29 is 9.53 Å². The Morgan fingerprint density at radius 3 is 2.77 bits per heavy atom. The largest absolute Gasteiger partial charge is 0.494 e. The summed E-state index contributed by atoms with van der Waals surface area (Å²) in [5, 5.41) is 0.942. The van der Waals surface area contributed by atoms with Gasteiger partial charge in [0, 0.05) is 37.3 Å². The fraction of sp³-hybridized carbons (Fsp3) is 0.400. The molecule has 1 aliphatic heterocycles. The maximum Gasteiger partial charge on any atom is 0.265 e. The summed E-state index contributed by atoms with van der Waals surface area (Å²) in [5.74, 6) is 1.32. The number of aromatic nitrogens is 2. The average molecular weight is 436 g/mol. The Morgan fingerprint density at radius 2 is 2.06 bits per heavy atom. The first kappa shape index (κ1) is 21.5. The van der Waals surface area contributed by atoms with E-state index in [0.29, 0.717) is 6.61 Å². The topological polar surface area (TPSA) is 55.3 Å². The van der Waals surface area contributed by atoms with E-state index in [-0.39, 0.29) is 11.8 Å². The SMILES string of the molecule is CCOc1ccccc1Cc1ccc([C@H]2CCCN(C(=O)c3sc(C)nc3C)C2)nc1. The second-order valence-corrected chi connectivity index (χ2v) is 9.25. The highest BCUT2D eigenvalue weighted by Crippen LogP contribution is 2.29. The smallest absolute Gasteiger partial charge is 0.265 e. The molecule has 0 radical (unpaired) electrons. The molecule has 3 heterocycles. The Labute approximate surface area is 188 Å². The number of benzene rings is 1. The number of amides is 1. The molecule has 0 N–H and O–H groups in total. The lowest BCUT2D eigenvalue weighted by molar-refractivity contribution is 0.0710. The summed E-state index contributed by atoms with van der Waals surface area (Å²) in [6.45, 7) is 8.05. The van der Waals surface area contributed by atoms with Gasteiger partial charge in [0.2, 0.25) is 0 Å². The predicted molar refractivity (Wildman–Crippen MR) is 124 cm³/mol. The zero-order valence-electron chi connectivity index (χ0n) is 18.4. The van der Waals surface area contributed by atoms with Gasteiger partial charge in [-0.05, 0) is 56.9 Å². The number of hydrogen-bond acceptors (Lipinski definition) is 5. The van der Waals surface area contributed by atoms with E-state index in [9.17, 15) is 4.79 Å². The molecule has 0 bridgehead atoms. The van der Waals surface area contributed by atoms with Crippen LogP contribution in [0.4, 0.5) is 0 Å². The number of thiazole rings is 1. The number of likely N-dealkylation sites (tertiary alicyclic amines) is 1. The van der Waals surface area contributed by atoms with Crippen molar-refractivity contribution in [2.75, 3.05) is 19.7 Å². The minimum Gasteiger partial charge on any atom is -0.494 e. The van der Waals surface area contributed by atoms with Gasteiger partial charge in [0.15, 0.2) is 0 Å². The lowest BCUT2D eigenvalue weighted by Gasteiger charge is -2.32. The number of ether oxygens (including phenoxy) is 1. The molecule has 4 rings (SSSR count). The van der Waals surface area contributed by atoms with Crippen molar-refractivity contribution in [2.24, 2.45) is 0 Å². The minimum atomic E-state index is 0.108. The summed E-state index contributed by atoms with van der Waals surface area (Å²) in [5.41, 5.74) is 4.24. The van der Waals surface area contributed by atoms with Gasteiger partial charge in [-0.3, -0.25) is 9.78 Å². The van der Waals surface area contributed by atoms with Crippen LogP contribution in [-0.4, -0.2) is 40.5 Å². The average Bonchev–Trinajstić information content (AvgIpc) is 3.13. The highest BCUT2D eigenvalue weighted by Gasteiger charge is 2.28. The fourth-order valence-corrected chi connectivity index (χ4v) is 5.11. The molecule has 1 atom stereocenters. The van der Waals surface area contributed by atoms with Gasteiger partial charge >= 0.3 is 0 Å². The van der Waals surface area contributed by atoms with Crippen LogP contribution in [-0.2, 0) is 6.42 Å². The summed E-state index contributed by atoms with van der Waals surface area (Å²) in [6.07, 6.45) is 4.82. The molecule has 0 spiro atoms. The van der Waals surface area contributed by atoms with Crippen LogP contribution in [0, 0.1) is 13.8 Å². The second kappa shape index (κ2) is 9.60. The summed E-state index contributed by atoms with van der Waals surface area (Å²) < 4.78 is 5.75. The molecule has 0 aliphatic carbocycles. The van der Waals surface area contributed by atoms with Crippen LogP contribution in [0.2, 0.25) is 0 Å². The standard InChI is InChI=1S/C25H29N3O2S/c1-4-30-23-10-6-5-8-20(23)14-19-11-12-22(26-15-19)21-9-7-13-28(16-21)25(29)24-17(2)27-18(3)31-24/h5-6,8,10-12,15,21H,4,7,9,13-14,16H2,1-3H3/t21-/m0/s1. The molecule has 3 aromatic rings. The van der Waals surface area contributed by atoms with E-state index in [1.807, 2.05) is 50.1 Å².